The molecule has 0 N–H and O–H groups in total. The molecule has 0 unspecified atom stereocenters. The average molecular weight is 341 g/mol. The van der Waals surface area contributed by atoms with Crippen LogP contribution in [-0.4, -0.2) is 25.2 Å². The third-order valence-electron chi connectivity index (χ3n) is 4.93. The topological polar surface area (TPSA) is 52.6 Å². The highest BCUT2D eigenvalue weighted by atomic mass is 16.6. The van der Waals surface area contributed by atoms with E-state index in [-0.39, 0.29) is 35.6 Å². The van der Waals surface area contributed by atoms with Gasteiger partial charge in [0.25, 0.3) is 0 Å². The van der Waals surface area contributed by atoms with Crippen LogP contribution in [0, 0.1) is 29.1 Å². The number of hydrogen-bond donors (Lipinski definition) is 0. The first-order chi connectivity index (χ1) is 11.2. The second-order valence-corrected chi connectivity index (χ2v) is 8.34. The molecular weight excluding hydrogens is 304 g/mol. The summed E-state index contributed by atoms with van der Waals surface area (Å²) in [5, 5.41) is 0. The SMILES string of the molecule is CC(C)COC(=O)C(C(=O)OCC(C)C)(C(C)C)C1CCCCC1. The van der Waals surface area contributed by atoms with Gasteiger partial charge in [-0.05, 0) is 36.5 Å². The molecule has 0 aliphatic heterocycles. The highest BCUT2D eigenvalue weighted by Gasteiger charge is 2.57. The molecule has 1 aliphatic rings. The fourth-order valence-electron chi connectivity index (χ4n) is 3.64. The quantitative estimate of drug-likeness (QED) is 0.478. The van der Waals surface area contributed by atoms with Gasteiger partial charge in [-0.15, -0.1) is 0 Å². The first-order valence-corrected chi connectivity index (χ1v) is 9.57. The van der Waals surface area contributed by atoms with E-state index in [0.717, 1.165) is 25.7 Å². The molecule has 0 amide bonds. The van der Waals surface area contributed by atoms with Crippen LogP contribution in [0.4, 0.5) is 0 Å². The standard InChI is InChI=1S/C20H36O4/c1-14(2)12-23-18(21)20(16(5)6,17-10-8-7-9-11-17)19(22)24-13-15(3)4/h14-17H,7-13H2,1-6H3. The predicted molar refractivity (Wildman–Crippen MR) is 95.4 cm³/mol. The third-order valence-corrected chi connectivity index (χ3v) is 4.93. The van der Waals surface area contributed by atoms with Crippen molar-refractivity contribution >= 4 is 11.9 Å². The zero-order valence-electron chi connectivity index (χ0n) is 16.4. The Morgan fingerprint density at radius 3 is 1.58 bits per heavy atom. The van der Waals surface area contributed by atoms with Crippen molar-refractivity contribution in [3.05, 3.63) is 0 Å². The Morgan fingerprint density at radius 1 is 0.833 bits per heavy atom. The maximum Gasteiger partial charge on any atom is 0.324 e. The monoisotopic (exact) mass is 340 g/mol. The van der Waals surface area contributed by atoms with E-state index in [1.54, 1.807) is 0 Å². The van der Waals surface area contributed by atoms with Crippen LogP contribution in [0.25, 0.3) is 0 Å². The fourth-order valence-corrected chi connectivity index (χ4v) is 3.64. The summed E-state index contributed by atoms with van der Waals surface area (Å²) in [4.78, 5) is 26.1. The zero-order valence-corrected chi connectivity index (χ0v) is 16.4. The van der Waals surface area contributed by atoms with Gasteiger partial charge in [0.15, 0.2) is 5.41 Å². The molecule has 0 spiro atoms. The molecule has 1 rings (SSSR count). The molecule has 0 heterocycles. The maximum absolute atomic E-state index is 13.1. The molecule has 1 saturated carbocycles. The first kappa shape index (κ1) is 21.0. The van der Waals surface area contributed by atoms with E-state index < -0.39 is 5.41 Å². The minimum atomic E-state index is -1.16. The van der Waals surface area contributed by atoms with E-state index in [9.17, 15) is 9.59 Å². The van der Waals surface area contributed by atoms with Crippen molar-refractivity contribution in [2.24, 2.45) is 29.1 Å². The summed E-state index contributed by atoms with van der Waals surface area (Å²) in [7, 11) is 0. The van der Waals surface area contributed by atoms with Crippen LogP contribution in [-0.2, 0) is 19.1 Å². The Hall–Kier alpha value is -1.06. The van der Waals surface area contributed by atoms with Gasteiger partial charge in [-0.25, -0.2) is 0 Å². The van der Waals surface area contributed by atoms with Gasteiger partial charge in [-0.2, -0.15) is 0 Å². The smallest absolute Gasteiger partial charge is 0.324 e. The van der Waals surface area contributed by atoms with E-state index in [4.69, 9.17) is 9.47 Å². The number of esters is 2. The highest BCUT2D eigenvalue weighted by Crippen LogP contribution is 2.46. The average Bonchev–Trinajstić information content (AvgIpc) is 2.52. The van der Waals surface area contributed by atoms with E-state index in [0.29, 0.717) is 13.2 Å². The van der Waals surface area contributed by atoms with Crippen LogP contribution in [0.2, 0.25) is 0 Å². The second kappa shape index (κ2) is 9.43. The van der Waals surface area contributed by atoms with Gasteiger partial charge >= 0.3 is 11.9 Å². The van der Waals surface area contributed by atoms with Crippen LogP contribution in [0.3, 0.4) is 0 Å². The number of carbonyl (C=O) groups excluding carboxylic acids is 2. The number of ether oxygens (including phenoxy) is 2. The van der Waals surface area contributed by atoms with Crippen molar-refractivity contribution in [2.75, 3.05) is 13.2 Å². The molecule has 1 aliphatic carbocycles. The molecule has 0 atom stereocenters. The Morgan fingerprint density at radius 2 is 1.25 bits per heavy atom. The van der Waals surface area contributed by atoms with Gasteiger partial charge in [-0.1, -0.05) is 60.8 Å². The summed E-state index contributed by atoms with van der Waals surface area (Å²) in [6.45, 7) is 12.6. The Bertz CT molecular complexity index is 382. The molecule has 1 fully saturated rings. The molecular formula is C20H36O4. The molecule has 4 nitrogen and oxygen atoms in total. The molecule has 0 bridgehead atoms. The van der Waals surface area contributed by atoms with Crippen LogP contribution < -0.4 is 0 Å². The third kappa shape index (κ3) is 4.97. The minimum absolute atomic E-state index is 0.0191. The first-order valence-electron chi connectivity index (χ1n) is 9.57. The maximum atomic E-state index is 13.1. The number of rotatable bonds is 8. The van der Waals surface area contributed by atoms with Crippen LogP contribution in [0.1, 0.15) is 73.6 Å². The van der Waals surface area contributed by atoms with Crippen LogP contribution in [0.5, 0.6) is 0 Å². The summed E-state index contributed by atoms with van der Waals surface area (Å²) >= 11 is 0. The van der Waals surface area contributed by atoms with Gasteiger partial charge < -0.3 is 9.47 Å². The molecule has 0 saturated heterocycles. The predicted octanol–water partition coefficient (Wildman–Crippen LogP) is 4.61. The van der Waals surface area contributed by atoms with Crippen molar-refractivity contribution < 1.29 is 19.1 Å². The van der Waals surface area contributed by atoms with E-state index >= 15 is 0 Å². The normalized spacial score (nSPS) is 16.7. The molecule has 0 aromatic rings. The van der Waals surface area contributed by atoms with Gasteiger partial charge in [-0.3, -0.25) is 9.59 Å². The van der Waals surface area contributed by atoms with Gasteiger partial charge in [0.05, 0.1) is 13.2 Å². The summed E-state index contributed by atoms with van der Waals surface area (Å²) in [6.07, 6.45) is 5.09. The van der Waals surface area contributed by atoms with E-state index in [1.165, 1.54) is 6.42 Å². The fraction of sp³-hybridized carbons (Fsp3) is 0.900. The van der Waals surface area contributed by atoms with Crippen molar-refractivity contribution in [1.29, 1.82) is 0 Å². The van der Waals surface area contributed by atoms with Crippen molar-refractivity contribution in [3.63, 3.8) is 0 Å². The molecule has 4 heteroatoms. The molecule has 24 heavy (non-hydrogen) atoms. The van der Waals surface area contributed by atoms with Crippen LogP contribution in [0.15, 0.2) is 0 Å². The molecule has 0 aromatic carbocycles. The van der Waals surface area contributed by atoms with E-state index in [1.807, 2.05) is 41.5 Å². The highest BCUT2D eigenvalue weighted by molar-refractivity contribution is 6.00. The largest absolute Gasteiger partial charge is 0.465 e. The second-order valence-electron chi connectivity index (χ2n) is 8.34. The lowest BCUT2D eigenvalue weighted by Crippen LogP contribution is -2.52. The number of carbonyl (C=O) groups is 2. The van der Waals surface area contributed by atoms with Gasteiger partial charge in [0, 0.05) is 0 Å². The summed E-state index contributed by atoms with van der Waals surface area (Å²) < 4.78 is 11.1. The van der Waals surface area contributed by atoms with Crippen molar-refractivity contribution in [3.8, 4) is 0 Å². The summed E-state index contributed by atoms with van der Waals surface area (Å²) in [5.41, 5.74) is -1.16. The van der Waals surface area contributed by atoms with Gasteiger partial charge in [0.2, 0.25) is 0 Å². The Labute approximate surface area is 147 Å². The lowest BCUT2D eigenvalue weighted by Gasteiger charge is -2.41. The van der Waals surface area contributed by atoms with Gasteiger partial charge in [0.1, 0.15) is 0 Å². The van der Waals surface area contributed by atoms with Crippen molar-refractivity contribution in [2.45, 2.75) is 73.6 Å². The number of hydrogen-bond acceptors (Lipinski definition) is 4. The Kier molecular flexibility index (Phi) is 8.24. The molecule has 140 valence electrons. The van der Waals surface area contributed by atoms with Crippen molar-refractivity contribution in [1.82, 2.24) is 0 Å². The van der Waals surface area contributed by atoms with Crippen LogP contribution >= 0.6 is 0 Å². The minimum Gasteiger partial charge on any atom is -0.465 e. The summed E-state index contributed by atoms with van der Waals surface area (Å²) in [6, 6.07) is 0. The summed E-state index contributed by atoms with van der Waals surface area (Å²) in [5.74, 6) is -0.391. The van der Waals surface area contributed by atoms with E-state index in [2.05, 4.69) is 0 Å². The molecule has 0 aromatic heterocycles. The molecule has 0 radical (unpaired) electrons. The lowest BCUT2D eigenvalue weighted by atomic mass is 9.62. The Balaban J connectivity index is 3.12. The zero-order chi connectivity index (χ0) is 18.3. The lowest BCUT2D eigenvalue weighted by molar-refractivity contribution is -0.184.